The van der Waals surface area contributed by atoms with E-state index in [0.717, 1.165) is 0 Å². The molecule has 0 nitrogen and oxygen atoms in total. The predicted octanol–water partition coefficient (Wildman–Crippen LogP) is 11.1. The van der Waals surface area contributed by atoms with Crippen molar-refractivity contribution in [3.05, 3.63) is 65.2 Å². The van der Waals surface area contributed by atoms with Crippen LogP contribution in [0.15, 0.2) is 48.5 Å². The van der Waals surface area contributed by atoms with Crippen molar-refractivity contribution in [2.75, 3.05) is 0 Å². The summed E-state index contributed by atoms with van der Waals surface area (Å²) in [5.41, 5.74) is 7.78. The normalized spacial score (nSPS) is 14.1. The molecule has 3 rings (SSSR count). The molecule has 0 spiro atoms. The van der Waals surface area contributed by atoms with Crippen LogP contribution in [0.2, 0.25) is 0 Å². The standard InChI is InChI=1S/C34H50/c1-5-7-9-11-13-17-25-34(26-18-14-12-10-8-6-2)32-20-16-15-19-30(32)31-24-23-29(27-33(31)34)22-21-28(3)4/h15-16,19-24,27-28H,5-14,17-18,25-26H2,1-4H3/b22-21+. The van der Waals surface area contributed by atoms with Crippen molar-refractivity contribution in [3.63, 3.8) is 0 Å². The molecule has 186 valence electrons. The molecule has 2 aromatic rings. The fourth-order valence-corrected chi connectivity index (χ4v) is 5.96. The lowest BCUT2D eigenvalue weighted by Crippen LogP contribution is -2.25. The zero-order chi connectivity index (χ0) is 24.2. The molecule has 0 saturated carbocycles. The van der Waals surface area contributed by atoms with Gasteiger partial charge in [0.05, 0.1) is 0 Å². The van der Waals surface area contributed by atoms with Crippen molar-refractivity contribution in [1.29, 1.82) is 0 Å². The summed E-state index contributed by atoms with van der Waals surface area (Å²) in [6, 6.07) is 16.6. The molecule has 0 aromatic heterocycles. The summed E-state index contributed by atoms with van der Waals surface area (Å²) in [5, 5.41) is 0. The Bertz CT molecular complexity index is 869. The monoisotopic (exact) mass is 458 g/mol. The zero-order valence-electron chi connectivity index (χ0n) is 22.7. The van der Waals surface area contributed by atoms with E-state index in [0.29, 0.717) is 5.92 Å². The van der Waals surface area contributed by atoms with Crippen LogP contribution >= 0.6 is 0 Å². The lowest BCUT2D eigenvalue weighted by Gasteiger charge is -2.33. The third kappa shape index (κ3) is 6.87. The second kappa shape index (κ2) is 13.9. The van der Waals surface area contributed by atoms with Gasteiger partial charge in [-0.25, -0.2) is 0 Å². The average Bonchev–Trinajstić information content (AvgIpc) is 3.12. The molecule has 0 fully saturated rings. The lowest BCUT2D eigenvalue weighted by molar-refractivity contribution is 0.398. The van der Waals surface area contributed by atoms with Crippen LogP contribution in [-0.4, -0.2) is 0 Å². The van der Waals surface area contributed by atoms with E-state index in [2.05, 4.69) is 82.3 Å². The first-order valence-corrected chi connectivity index (χ1v) is 14.5. The summed E-state index contributed by atoms with van der Waals surface area (Å²) in [6.07, 6.45) is 23.8. The van der Waals surface area contributed by atoms with E-state index >= 15 is 0 Å². The first-order valence-electron chi connectivity index (χ1n) is 14.5. The molecule has 1 aliphatic carbocycles. The summed E-state index contributed by atoms with van der Waals surface area (Å²) in [6.45, 7) is 9.16. The van der Waals surface area contributed by atoms with Gasteiger partial charge < -0.3 is 0 Å². The van der Waals surface area contributed by atoms with Crippen molar-refractivity contribution in [3.8, 4) is 11.1 Å². The first-order chi connectivity index (χ1) is 16.6. The summed E-state index contributed by atoms with van der Waals surface area (Å²) >= 11 is 0. The van der Waals surface area contributed by atoms with E-state index in [-0.39, 0.29) is 5.41 Å². The van der Waals surface area contributed by atoms with E-state index < -0.39 is 0 Å². The Hall–Kier alpha value is -1.82. The van der Waals surface area contributed by atoms with E-state index in [1.54, 1.807) is 11.1 Å². The molecule has 0 aliphatic heterocycles. The maximum absolute atomic E-state index is 2.54. The fraction of sp³-hybridized carbons (Fsp3) is 0.588. The van der Waals surface area contributed by atoms with Crippen LogP contribution in [-0.2, 0) is 5.41 Å². The van der Waals surface area contributed by atoms with Gasteiger partial charge in [-0.3, -0.25) is 0 Å². The van der Waals surface area contributed by atoms with Crippen LogP contribution in [0, 0.1) is 5.92 Å². The zero-order valence-corrected chi connectivity index (χ0v) is 22.7. The van der Waals surface area contributed by atoms with Crippen molar-refractivity contribution in [2.24, 2.45) is 5.92 Å². The summed E-state index contributed by atoms with van der Waals surface area (Å²) in [5.74, 6) is 0.585. The van der Waals surface area contributed by atoms with Gasteiger partial charge in [0.2, 0.25) is 0 Å². The number of fused-ring (bicyclic) bond motifs is 3. The molecule has 0 radical (unpaired) electrons. The summed E-state index contributed by atoms with van der Waals surface area (Å²) in [7, 11) is 0. The Kier molecular flexibility index (Phi) is 11.0. The summed E-state index contributed by atoms with van der Waals surface area (Å²) in [4.78, 5) is 0. The van der Waals surface area contributed by atoms with Gasteiger partial charge in [-0.05, 0) is 46.6 Å². The van der Waals surface area contributed by atoms with Gasteiger partial charge in [0.1, 0.15) is 0 Å². The van der Waals surface area contributed by atoms with Gasteiger partial charge in [0, 0.05) is 5.41 Å². The molecule has 1 aliphatic rings. The Labute approximate surface area is 211 Å². The van der Waals surface area contributed by atoms with E-state index in [4.69, 9.17) is 0 Å². The number of allylic oxidation sites excluding steroid dienone is 1. The number of benzene rings is 2. The molecule has 2 aromatic carbocycles. The molecular formula is C34H50. The molecule has 0 amide bonds. The van der Waals surface area contributed by atoms with Crippen LogP contribution < -0.4 is 0 Å². The molecule has 0 unspecified atom stereocenters. The summed E-state index contributed by atoms with van der Waals surface area (Å²) < 4.78 is 0. The number of unbranched alkanes of at least 4 members (excludes halogenated alkanes) is 10. The highest BCUT2D eigenvalue weighted by Gasteiger charge is 2.41. The van der Waals surface area contributed by atoms with Crippen molar-refractivity contribution < 1.29 is 0 Å². The van der Waals surface area contributed by atoms with Crippen LogP contribution in [0.1, 0.15) is 134 Å². The lowest BCUT2D eigenvalue weighted by atomic mass is 9.70. The minimum absolute atomic E-state index is 0.198. The Morgan fingerprint density at radius 1 is 0.647 bits per heavy atom. The maximum atomic E-state index is 2.54. The highest BCUT2D eigenvalue weighted by Crippen LogP contribution is 2.54. The number of rotatable bonds is 16. The minimum atomic E-state index is 0.198. The molecule has 34 heavy (non-hydrogen) atoms. The number of hydrogen-bond donors (Lipinski definition) is 0. The van der Waals surface area contributed by atoms with E-state index in [1.165, 1.54) is 107 Å². The minimum Gasteiger partial charge on any atom is -0.0814 e. The third-order valence-electron chi connectivity index (χ3n) is 7.88. The van der Waals surface area contributed by atoms with Gasteiger partial charge in [-0.2, -0.15) is 0 Å². The topological polar surface area (TPSA) is 0 Å². The molecule has 0 N–H and O–H groups in total. The highest BCUT2D eigenvalue weighted by atomic mass is 14.4. The molecule has 0 atom stereocenters. The van der Waals surface area contributed by atoms with Gasteiger partial charge in [-0.1, -0.05) is 159 Å². The predicted molar refractivity (Wildman–Crippen MR) is 153 cm³/mol. The SMILES string of the molecule is CCCCCCCCC1(CCCCCCCC)c2ccccc2-c2ccc(/C=C/C(C)C)cc21. The number of hydrogen-bond acceptors (Lipinski definition) is 0. The van der Waals surface area contributed by atoms with Crippen molar-refractivity contribution in [1.82, 2.24) is 0 Å². The van der Waals surface area contributed by atoms with Crippen molar-refractivity contribution >= 4 is 6.08 Å². The second-order valence-corrected chi connectivity index (χ2v) is 11.1. The van der Waals surface area contributed by atoms with E-state index in [9.17, 15) is 0 Å². The smallest absolute Gasteiger partial charge is 0.0215 e. The molecule has 0 heteroatoms. The second-order valence-electron chi connectivity index (χ2n) is 11.1. The van der Waals surface area contributed by atoms with Crippen molar-refractivity contribution in [2.45, 2.75) is 123 Å². The first kappa shape index (κ1) is 26.8. The molecule has 0 heterocycles. The van der Waals surface area contributed by atoms with Gasteiger partial charge in [0.15, 0.2) is 0 Å². The quantitative estimate of drug-likeness (QED) is 0.219. The average molecular weight is 459 g/mol. The van der Waals surface area contributed by atoms with Gasteiger partial charge >= 0.3 is 0 Å². The van der Waals surface area contributed by atoms with Crippen LogP contribution in [0.3, 0.4) is 0 Å². The van der Waals surface area contributed by atoms with Gasteiger partial charge in [0.25, 0.3) is 0 Å². The highest BCUT2D eigenvalue weighted by molar-refractivity contribution is 5.82. The van der Waals surface area contributed by atoms with Crippen LogP contribution in [0.25, 0.3) is 17.2 Å². The van der Waals surface area contributed by atoms with Gasteiger partial charge in [-0.15, -0.1) is 0 Å². The Morgan fingerprint density at radius 2 is 1.21 bits per heavy atom. The van der Waals surface area contributed by atoms with E-state index in [1.807, 2.05) is 0 Å². The Balaban J connectivity index is 1.89. The fourth-order valence-electron chi connectivity index (χ4n) is 5.96. The van der Waals surface area contributed by atoms with Crippen LogP contribution in [0.5, 0.6) is 0 Å². The molecule has 0 saturated heterocycles. The Morgan fingerprint density at radius 3 is 1.82 bits per heavy atom. The molecule has 0 bridgehead atoms. The van der Waals surface area contributed by atoms with Crippen LogP contribution in [0.4, 0.5) is 0 Å². The third-order valence-corrected chi connectivity index (χ3v) is 7.88. The maximum Gasteiger partial charge on any atom is 0.0215 e. The largest absolute Gasteiger partial charge is 0.0814 e. The molecular weight excluding hydrogens is 408 g/mol.